The van der Waals surface area contributed by atoms with Gasteiger partial charge in [0.1, 0.15) is 5.69 Å². The lowest BCUT2D eigenvalue weighted by Gasteiger charge is -2.15. The fourth-order valence-corrected chi connectivity index (χ4v) is 2.57. The summed E-state index contributed by atoms with van der Waals surface area (Å²) < 4.78 is 0. The molecule has 1 aromatic carbocycles. The van der Waals surface area contributed by atoms with E-state index in [1.54, 1.807) is 0 Å². The monoisotopic (exact) mass is 250 g/mol. The molecule has 0 amide bonds. The second kappa shape index (κ2) is 5.75. The minimum Gasteiger partial charge on any atom is -0.269 e. The lowest BCUT2D eigenvalue weighted by Crippen LogP contribution is -2.02. The van der Waals surface area contributed by atoms with Gasteiger partial charge in [-0.3, -0.25) is 5.10 Å². The van der Waals surface area contributed by atoms with E-state index in [-0.39, 0.29) is 0 Å². The number of aromatic nitrogens is 2. The van der Waals surface area contributed by atoms with Gasteiger partial charge in [-0.05, 0) is 24.8 Å². The van der Waals surface area contributed by atoms with Crippen LogP contribution in [-0.4, -0.2) is 10.2 Å². The van der Waals surface area contributed by atoms with Crippen molar-refractivity contribution in [2.75, 3.05) is 0 Å². The van der Waals surface area contributed by atoms with Crippen LogP contribution in [0.1, 0.15) is 37.8 Å². The molecule has 1 N–H and O–H groups in total. The molecule has 0 atom stereocenters. The highest BCUT2D eigenvalue weighted by molar-refractivity contribution is 5.60. The van der Waals surface area contributed by atoms with Crippen molar-refractivity contribution < 1.29 is 0 Å². The molecule has 96 valence electrons. The first-order valence-corrected chi connectivity index (χ1v) is 7.04. The molecule has 2 nitrogen and oxygen atoms in total. The fraction of sp³-hybridized carbons (Fsp3) is 0.353. The number of rotatable bonds is 1. The number of aromatic amines is 1. The van der Waals surface area contributed by atoms with E-state index in [4.69, 9.17) is 0 Å². The molecule has 0 radical (unpaired) electrons. The van der Waals surface area contributed by atoms with E-state index < -0.39 is 0 Å². The van der Waals surface area contributed by atoms with E-state index in [1.807, 2.05) is 24.3 Å². The van der Waals surface area contributed by atoms with Crippen molar-refractivity contribution in [3.63, 3.8) is 0 Å². The SMILES string of the molecule is C(#CC1CCCCC1)c1cc(-c2ccccc2)n[nH]1. The third-order valence-electron chi connectivity index (χ3n) is 3.66. The van der Waals surface area contributed by atoms with Gasteiger partial charge in [-0.1, -0.05) is 55.5 Å². The van der Waals surface area contributed by atoms with E-state index in [2.05, 4.69) is 34.2 Å². The molecule has 1 fully saturated rings. The summed E-state index contributed by atoms with van der Waals surface area (Å²) in [5, 5.41) is 7.34. The smallest absolute Gasteiger partial charge is 0.108 e. The zero-order chi connectivity index (χ0) is 12.9. The van der Waals surface area contributed by atoms with Crippen LogP contribution in [0, 0.1) is 17.8 Å². The highest BCUT2D eigenvalue weighted by atomic mass is 15.1. The minimum absolute atomic E-state index is 0.581. The van der Waals surface area contributed by atoms with Gasteiger partial charge in [-0.15, -0.1) is 0 Å². The molecule has 0 saturated heterocycles. The zero-order valence-corrected chi connectivity index (χ0v) is 11.0. The molecular formula is C17H18N2. The Balaban J connectivity index is 1.73. The molecule has 19 heavy (non-hydrogen) atoms. The summed E-state index contributed by atoms with van der Waals surface area (Å²) in [7, 11) is 0. The van der Waals surface area contributed by atoms with Crippen LogP contribution in [-0.2, 0) is 0 Å². The van der Waals surface area contributed by atoms with Gasteiger partial charge in [0.2, 0.25) is 0 Å². The second-order valence-corrected chi connectivity index (χ2v) is 5.14. The highest BCUT2D eigenvalue weighted by Crippen LogP contribution is 2.23. The number of nitrogens with zero attached hydrogens (tertiary/aromatic N) is 1. The first-order chi connectivity index (χ1) is 9.42. The molecule has 2 heteroatoms. The number of benzene rings is 1. The Labute approximate surface area is 114 Å². The molecule has 3 rings (SSSR count). The van der Waals surface area contributed by atoms with Crippen molar-refractivity contribution in [1.29, 1.82) is 0 Å². The first-order valence-electron chi connectivity index (χ1n) is 7.04. The quantitative estimate of drug-likeness (QED) is 0.761. The van der Waals surface area contributed by atoms with Crippen LogP contribution in [0.5, 0.6) is 0 Å². The van der Waals surface area contributed by atoms with Gasteiger partial charge in [0.05, 0.1) is 5.69 Å². The summed E-state index contributed by atoms with van der Waals surface area (Å²) in [6.07, 6.45) is 6.55. The van der Waals surface area contributed by atoms with Crippen molar-refractivity contribution in [2.45, 2.75) is 32.1 Å². The largest absolute Gasteiger partial charge is 0.269 e. The van der Waals surface area contributed by atoms with Crippen LogP contribution >= 0.6 is 0 Å². The van der Waals surface area contributed by atoms with Gasteiger partial charge >= 0.3 is 0 Å². The Morgan fingerprint density at radius 2 is 1.84 bits per heavy atom. The molecule has 1 saturated carbocycles. The maximum atomic E-state index is 4.32. The molecule has 0 spiro atoms. The molecule has 1 aromatic heterocycles. The van der Waals surface area contributed by atoms with E-state index in [0.29, 0.717) is 5.92 Å². The molecule has 1 aliphatic carbocycles. The fourth-order valence-electron chi connectivity index (χ4n) is 2.57. The van der Waals surface area contributed by atoms with Gasteiger partial charge < -0.3 is 0 Å². The Morgan fingerprint density at radius 3 is 2.63 bits per heavy atom. The summed E-state index contributed by atoms with van der Waals surface area (Å²) in [6.45, 7) is 0. The number of hydrogen-bond acceptors (Lipinski definition) is 1. The van der Waals surface area contributed by atoms with Crippen LogP contribution in [0.3, 0.4) is 0 Å². The molecule has 1 aliphatic rings. The van der Waals surface area contributed by atoms with Crippen molar-refractivity contribution in [3.05, 3.63) is 42.1 Å². The second-order valence-electron chi connectivity index (χ2n) is 5.14. The third kappa shape index (κ3) is 3.06. The summed E-state index contributed by atoms with van der Waals surface area (Å²) in [4.78, 5) is 0. The average molecular weight is 250 g/mol. The van der Waals surface area contributed by atoms with E-state index in [1.165, 1.54) is 32.1 Å². The summed E-state index contributed by atoms with van der Waals surface area (Å²) in [5.74, 6) is 7.20. The molecule has 0 aliphatic heterocycles. The topological polar surface area (TPSA) is 28.7 Å². The van der Waals surface area contributed by atoms with Crippen molar-refractivity contribution in [2.24, 2.45) is 5.92 Å². The molecule has 1 heterocycles. The van der Waals surface area contributed by atoms with Crippen molar-refractivity contribution in [1.82, 2.24) is 10.2 Å². The summed E-state index contributed by atoms with van der Waals surface area (Å²) in [5.41, 5.74) is 3.02. The van der Waals surface area contributed by atoms with Gasteiger partial charge in [0.25, 0.3) is 0 Å². The Bertz CT molecular complexity index is 580. The highest BCUT2D eigenvalue weighted by Gasteiger charge is 2.10. The first kappa shape index (κ1) is 12.0. The van der Waals surface area contributed by atoms with Gasteiger partial charge in [0.15, 0.2) is 0 Å². The molecular weight excluding hydrogens is 232 g/mol. The lowest BCUT2D eigenvalue weighted by atomic mass is 9.90. The lowest BCUT2D eigenvalue weighted by molar-refractivity contribution is 0.430. The predicted octanol–water partition coefficient (Wildman–Crippen LogP) is 4.01. The Morgan fingerprint density at radius 1 is 1.05 bits per heavy atom. The predicted molar refractivity (Wildman–Crippen MR) is 77.5 cm³/mol. The average Bonchev–Trinajstić information content (AvgIpc) is 2.96. The maximum absolute atomic E-state index is 4.32. The van der Waals surface area contributed by atoms with Crippen LogP contribution < -0.4 is 0 Å². The van der Waals surface area contributed by atoms with Crippen LogP contribution in [0.15, 0.2) is 36.4 Å². The number of nitrogens with one attached hydrogen (secondary N) is 1. The number of H-pyrrole nitrogens is 1. The van der Waals surface area contributed by atoms with Crippen molar-refractivity contribution >= 4 is 0 Å². The Hall–Kier alpha value is -2.01. The summed E-state index contributed by atoms with van der Waals surface area (Å²) >= 11 is 0. The molecule has 0 bridgehead atoms. The summed E-state index contributed by atoms with van der Waals surface area (Å²) in [6, 6.07) is 12.2. The van der Waals surface area contributed by atoms with E-state index in [9.17, 15) is 0 Å². The zero-order valence-electron chi connectivity index (χ0n) is 11.0. The van der Waals surface area contributed by atoms with Gasteiger partial charge in [-0.25, -0.2) is 0 Å². The van der Waals surface area contributed by atoms with Crippen LogP contribution in [0.4, 0.5) is 0 Å². The molecule has 2 aromatic rings. The normalized spacial score (nSPS) is 15.8. The van der Waals surface area contributed by atoms with Gasteiger partial charge in [0, 0.05) is 11.5 Å². The minimum atomic E-state index is 0.581. The Kier molecular flexibility index (Phi) is 3.65. The third-order valence-corrected chi connectivity index (χ3v) is 3.66. The number of hydrogen-bond donors (Lipinski definition) is 1. The van der Waals surface area contributed by atoms with Crippen molar-refractivity contribution in [3.8, 4) is 23.1 Å². The van der Waals surface area contributed by atoms with Gasteiger partial charge in [-0.2, -0.15) is 5.10 Å². The van der Waals surface area contributed by atoms with Crippen LogP contribution in [0.2, 0.25) is 0 Å². The standard InChI is InChI=1S/C17H18N2/c1-3-7-14(8-4-1)11-12-16-13-17(19-18-16)15-9-5-2-6-10-15/h2,5-6,9-10,13-14H,1,3-4,7-8H2,(H,18,19). The maximum Gasteiger partial charge on any atom is 0.108 e. The van der Waals surface area contributed by atoms with Crippen LogP contribution in [0.25, 0.3) is 11.3 Å². The van der Waals surface area contributed by atoms with E-state index >= 15 is 0 Å². The molecule has 0 unspecified atom stereocenters. The van der Waals surface area contributed by atoms with E-state index in [0.717, 1.165) is 17.0 Å².